The Kier molecular flexibility index (Phi) is 6.67. The zero-order valence-electron chi connectivity index (χ0n) is 8.18. The molecular weight excluding hydrogens is 150 g/mol. The van der Waals surface area contributed by atoms with Crippen LogP contribution < -0.4 is 0 Å². The fourth-order valence-corrected chi connectivity index (χ4v) is 0.917. The van der Waals surface area contributed by atoms with Crippen LogP contribution in [-0.4, -0.2) is 31.3 Å². The Morgan fingerprint density at radius 2 is 2.08 bits per heavy atom. The number of Topliss-reactive ketones (excluding diaryl/α,β-unsaturated/α-hetero) is 1. The molecule has 0 N–H and O–H groups in total. The third-order valence-corrected chi connectivity index (χ3v) is 1.70. The summed E-state index contributed by atoms with van der Waals surface area (Å²) in [5.74, 6) is 0.366. The second kappa shape index (κ2) is 7.04. The van der Waals surface area contributed by atoms with Gasteiger partial charge in [-0.15, -0.1) is 6.58 Å². The second-order valence-electron chi connectivity index (χ2n) is 3.27. The van der Waals surface area contributed by atoms with Gasteiger partial charge < -0.3 is 4.90 Å². The molecule has 2 heteroatoms. The minimum atomic E-state index is 0.366. The van der Waals surface area contributed by atoms with Crippen LogP contribution >= 0.6 is 0 Å². The molecule has 0 unspecified atom stereocenters. The summed E-state index contributed by atoms with van der Waals surface area (Å²) in [4.78, 5) is 13.2. The molecule has 70 valence electrons. The van der Waals surface area contributed by atoms with E-state index in [0.29, 0.717) is 18.6 Å². The van der Waals surface area contributed by atoms with Gasteiger partial charge in [0, 0.05) is 19.4 Å². The van der Waals surface area contributed by atoms with Crippen molar-refractivity contribution in [3.8, 4) is 0 Å². The van der Waals surface area contributed by atoms with E-state index in [4.69, 9.17) is 0 Å². The lowest BCUT2D eigenvalue weighted by atomic mass is 10.1. The van der Waals surface area contributed by atoms with Crippen molar-refractivity contribution >= 4 is 5.78 Å². The minimum absolute atomic E-state index is 0.366. The van der Waals surface area contributed by atoms with Gasteiger partial charge in [0.25, 0.3) is 0 Å². The molecule has 0 aromatic rings. The molecule has 0 saturated carbocycles. The van der Waals surface area contributed by atoms with Crippen molar-refractivity contribution in [1.82, 2.24) is 4.90 Å². The van der Waals surface area contributed by atoms with E-state index < -0.39 is 0 Å². The number of rotatable bonds is 7. The van der Waals surface area contributed by atoms with Crippen molar-refractivity contribution in [1.29, 1.82) is 0 Å². The van der Waals surface area contributed by atoms with Gasteiger partial charge in [0.2, 0.25) is 0 Å². The molecule has 0 bridgehead atoms. The van der Waals surface area contributed by atoms with Gasteiger partial charge in [-0.1, -0.05) is 6.08 Å². The number of ketones is 1. The SMILES string of the molecule is C=CCCCC(=O)CCN(C)C. The summed E-state index contributed by atoms with van der Waals surface area (Å²) >= 11 is 0. The van der Waals surface area contributed by atoms with Gasteiger partial charge in [-0.3, -0.25) is 4.79 Å². The van der Waals surface area contributed by atoms with Crippen LogP contribution in [0.5, 0.6) is 0 Å². The Bertz CT molecular complexity index is 141. The molecule has 0 aliphatic rings. The minimum Gasteiger partial charge on any atom is -0.309 e. The van der Waals surface area contributed by atoms with E-state index in [1.165, 1.54) is 0 Å². The van der Waals surface area contributed by atoms with E-state index in [2.05, 4.69) is 6.58 Å². The second-order valence-corrected chi connectivity index (χ2v) is 3.27. The van der Waals surface area contributed by atoms with Crippen molar-refractivity contribution < 1.29 is 4.79 Å². The first-order valence-electron chi connectivity index (χ1n) is 4.44. The lowest BCUT2D eigenvalue weighted by Crippen LogP contribution is -2.16. The molecule has 0 aromatic carbocycles. The van der Waals surface area contributed by atoms with Gasteiger partial charge in [0.1, 0.15) is 5.78 Å². The largest absolute Gasteiger partial charge is 0.309 e. The fourth-order valence-electron chi connectivity index (χ4n) is 0.917. The van der Waals surface area contributed by atoms with Crippen molar-refractivity contribution in [3.63, 3.8) is 0 Å². The highest BCUT2D eigenvalue weighted by molar-refractivity contribution is 5.78. The van der Waals surface area contributed by atoms with Gasteiger partial charge in [-0.2, -0.15) is 0 Å². The molecule has 12 heavy (non-hydrogen) atoms. The van der Waals surface area contributed by atoms with E-state index in [1.54, 1.807) is 0 Å². The smallest absolute Gasteiger partial charge is 0.134 e. The fraction of sp³-hybridized carbons (Fsp3) is 0.700. The first-order valence-corrected chi connectivity index (χ1v) is 4.44. The Hall–Kier alpha value is -0.630. The molecule has 0 aliphatic carbocycles. The molecule has 0 aliphatic heterocycles. The highest BCUT2D eigenvalue weighted by Gasteiger charge is 2.00. The normalized spacial score (nSPS) is 10.2. The van der Waals surface area contributed by atoms with Crippen LogP contribution in [-0.2, 0) is 4.79 Å². The summed E-state index contributed by atoms with van der Waals surface area (Å²) in [6.45, 7) is 4.48. The van der Waals surface area contributed by atoms with Crippen LogP contribution in [0, 0.1) is 0 Å². The van der Waals surface area contributed by atoms with Crippen molar-refractivity contribution in [3.05, 3.63) is 12.7 Å². The van der Waals surface area contributed by atoms with Crippen LogP contribution in [0.2, 0.25) is 0 Å². The predicted molar refractivity (Wildman–Crippen MR) is 52.2 cm³/mol. The third-order valence-electron chi connectivity index (χ3n) is 1.70. The molecule has 0 atom stereocenters. The summed E-state index contributed by atoms with van der Waals surface area (Å²) in [7, 11) is 3.97. The molecule has 0 rings (SSSR count). The van der Waals surface area contributed by atoms with Gasteiger partial charge >= 0.3 is 0 Å². The summed E-state index contributed by atoms with van der Waals surface area (Å²) in [6, 6.07) is 0. The standard InChI is InChI=1S/C10H19NO/c1-4-5-6-7-10(12)8-9-11(2)3/h4H,1,5-9H2,2-3H3. The molecule has 0 saturated heterocycles. The molecule has 0 spiro atoms. The Labute approximate surface area is 75.3 Å². The van der Waals surface area contributed by atoms with Gasteiger partial charge in [0.05, 0.1) is 0 Å². The van der Waals surface area contributed by atoms with Crippen molar-refractivity contribution in [2.45, 2.75) is 25.7 Å². The molecule has 2 nitrogen and oxygen atoms in total. The van der Waals surface area contributed by atoms with Gasteiger partial charge in [-0.25, -0.2) is 0 Å². The Balaban J connectivity index is 3.27. The lowest BCUT2D eigenvalue weighted by Gasteiger charge is -2.07. The van der Waals surface area contributed by atoms with Crippen molar-refractivity contribution in [2.75, 3.05) is 20.6 Å². The van der Waals surface area contributed by atoms with Crippen LogP contribution in [0.1, 0.15) is 25.7 Å². The average molecular weight is 169 g/mol. The highest BCUT2D eigenvalue weighted by Crippen LogP contribution is 1.99. The van der Waals surface area contributed by atoms with Gasteiger partial charge in [-0.05, 0) is 26.9 Å². The zero-order valence-corrected chi connectivity index (χ0v) is 8.18. The molecule has 0 amide bonds. The van der Waals surface area contributed by atoms with Crippen LogP contribution in [0.4, 0.5) is 0 Å². The first-order chi connectivity index (χ1) is 5.66. The zero-order chi connectivity index (χ0) is 9.40. The maximum Gasteiger partial charge on any atom is 0.134 e. The maximum absolute atomic E-state index is 11.2. The van der Waals surface area contributed by atoms with E-state index >= 15 is 0 Å². The van der Waals surface area contributed by atoms with E-state index in [9.17, 15) is 4.79 Å². The molecule has 0 radical (unpaired) electrons. The van der Waals surface area contributed by atoms with E-state index in [-0.39, 0.29) is 0 Å². The van der Waals surface area contributed by atoms with Crippen LogP contribution in [0.3, 0.4) is 0 Å². The van der Waals surface area contributed by atoms with Crippen LogP contribution in [0.15, 0.2) is 12.7 Å². The van der Waals surface area contributed by atoms with E-state index in [0.717, 1.165) is 19.4 Å². The topological polar surface area (TPSA) is 20.3 Å². The number of unbranched alkanes of at least 4 members (excludes halogenated alkanes) is 1. The monoisotopic (exact) mass is 169 g/mol. The summed E-state index contributed by atoms with van der Waals surface area (Å²) in [6.07, 6.45) is 5.16. The summed E-state index contributed by atoms with van der Waals surface area (Å²) in [5, 5.41) is 0. The summed E-state index contributed by atoms with van der Waals surface area (Å²) < 4.78 is 0. The predicted octanol–water partition coefficient (Wildman–Crippen LogP) is 1.86. The maximum atomic E-state index is 11.2. The van der Waals surface area contributed by atoms with E-state index in [1.807, 2.05) is 25.1 Å². The third kappa shape index (κ3) is 7.48. The highest BCUT2D eigenvalue weighted by atomic mass is 16.1. The number of hydrogen-bond donors (Lipinski definition) is 0. The average Bonchev–Trinajstić information content (AvgIpc) is 2.01. The molecule has 0 fully saturated rings. The Morgan fingerprint density at radius 3 is 2.58 bits per heavy atom. The number of carbonyl (C=O) groups is 1. The van der Waals surface area contributed by atoms with Crippen LogP contribution in [0.25, 0.3) is 0 Å². The molecule has 0 heterocycles. The molecular formula is C10H19NO. The summed E-state index contributed by atoms with van der Waals surface area (Å²) in [5.41, 5.74) is 0. The Morgan fingerprint density at radius 1 is 1.42 bits per heavy atom. The van der Waals surface area contributed by atoms with Gasteiger partial charge in [0.15, 0.2) is 0 Å². The number of nitrogens with zero attached hydrogens (tertiary/aromatic N) is 1. The first kappa shape index (κ1) is 11.4. The number of carbonyl (C=O) groups excluding carboxylic acids is 1. The van der Waals surface area contributed by atoms with Crippen molar-refractivity contribution in [2.24, 2.45) is 0 Å². The molecule has 0 aromatic heterocycles. The lowest BCUT2D eigenvalue weighted by molar-refractivity contribution is -0.119. The number of allylic oxidation sites excluding steroid dienone is 1. The quantitative estimate of drug-likeness (QED) is 0.428. The number of hydrogen-bond acceptors (Lipinski definition) is 2.